The second-order valence-electron chi connectivity index (χ2n) is 3.79. The molecule has 2 nitrogen and oxygen atoms in total. The zero-order valence-corrected chi connectivity index (χ0v) is 8.55. The van der Waals surface area contributed by atoms with Crippen molar-refractivity contribution in [3.63, 3.8) is 0 Å². The highest BCUT2D eigenvalue weighted by Crippen LogP contribution is 2.29. The van der Waals surface area contributed by atoms with Crippen LogP contribution >= 0.6 is 0 Å². The van der Waals surface area contributed by atoms with Gasteiger partial charge in [0.1, 0.15) is 0 Å². The van der Waals surface area contributed by atoms with Gasteiger partial charge in [0.05, 0.1) is 18.4 Å². The Morgan fingerprint density at radius 3 is 2.81 bits per heavy atom. The summed E-state index contributed by atoms with van der Waals surface area (Å²) in [6.45, 7) is 1.17. The van der Waals surface area contributed by atoms with Crippen molar-refractivity contribution < 1.29 is 17.9 Å². The molecule has 2 rings (SSSR count). The Labute approximate surface area is 91.4 Å². The molecule has 1 N–H and O–H groups in total. The first-order valence-electron chi connectivity index (χ1n) is 5.04. The molecule has 0 amide bonds. The quantitative estimate of drug-likeness (QED) is 0.842. The summed E-state index contributed by atoms with van der Waals surface area (Å²) in [5.74, 6) is 0. The molecular weight excluding hydrogens is 219 g/mol. The third-order valence-corrected chi connectivity index (χ3v) is 2.51. The monoisotopic (exact) mass is 231 g/mol. The van der Waals surface area contributed by atoms with Crippen molar-refractivity contribution in [1.82, 2.24) is 5.32 Å². The Hall–Kier alpha value is -1.07. The van der Waals surface area contributed by atoms with E-state index in [1.165, 1.54) is 12.1 Å². The first-order chi connectivity index (χ1) is 7.55. The molecule has 1 saturated heterocycles. The van der Waals surface area contributed by atoms with Crippen molar-refractivity contribution in [2.24, 2.45) is 0 Å². The summed E-state index contributed by atoms with van der Waals surface area (Å²) in [6, 6.07) is 5.39. The maximum Gasteiger partial charge on any atom is 0.416 e. The molecule has 1 aromatic carbocycles. The van der Waals surface area contributed by atoms with Gasteiger partial charge in [-0.15, -0.1) is 0 Å². The molecule has 88 valence electrons. The van der Waals surface area contributed by atoms with Gasteiger partial charge in [0.2, 0.25) is 0 Å². The van der Waals surface area contributed by atoms with Crippen LogP contribution in [0.4, 0.5) is 13.2 Å². The summed E-state index contributed by atoms with van der Waals surface area (Å²) in [7, 11) is 0. The lowest BCUT2D eigenvalue weighted by molar-refractivity contribution is -0.137. The molecule has 16 heavy (non-hydrogen) atoms. The minimum Gasteiger partial charge on any atom is -0.361 e. The van der Waals surface area contributed by atoms with E-state index in [1.807, 2.05) is 0 Å². The van der Waals surface area contributed by atoms with E-state index in [-0.39, 0.29) is 6.10 Å². The summed E-state index contributed by atoms with van der Waals surface area (Å²) < 4.78 is 42.6. The van der Waals surface area contributed by atoms with Crippen LogP contribution in [0.25, 0.3) is 0 Å². The Morgan fingerprint density at radius 2 is 2.19 bits per heavy atom. The number of halogens is 3. The Bertz CT molecular complexity index is 358. The molecule has 1 unspecified atom stereocenters. The van der Waals surface area contributed by atoms with Gasteiger partial charge in [0.25, 0.3) is 0 Å². The normalized spacial score (nSPS) is 21.3. The number of ether oxygens (including phenoxy) is 1. The molecule has 5 heteroatoms. The lowest BCUT2D eigenvalue weighted by Gasteiger charge is -2.11. The summed E-state index contributed by atoms with van der Waals surface area (Å²) in [5.41, 5.74) is 0.0551. The minimum absolute atomic E-state index is 0.0246. The Morgan fingerprint density at radius 1 is 1.38 bits per heavy atom. The van der Waals surface area contributed by atoms with Crippen molar-refractivity contribution >= 4 is 0 Å². The summed E-state index contributed by atoms with van der Waals surface area (Å²) in [5, 5.41) is 2.99. The van der Waals surface area contributed by atoms with Crippen LogP contribution in [-0.4, -0.2) is 19.4 Å². The van der Waals surface area contributed by atoms with E-state index < -0.39 is 11.7 Å². The van der Waals surface area contributed by atoms with Crippen molar-refractivity contribution in [3.05, 3.63) is 35.4 Å². The first kappa shape index (κ1) is 11.4. The minimum atomic E-state index is -4.27. The van der Waals surface area contributed by atoms with Crippen LogP contribution in [0.15, 0.2) is 24.3 Å². The van der Waals surface area contributed by atoms with Crippen LogP contribution in [0.2, 0.25) is 0 Å². The second-order valence-corrected chi connectivity index (χ2v) is 3.79. The van der Waals surface area contributed by atoms with Crippen LogP contribution in [0.3, 0.4) is 0 Å². The van der Waals surface area contributed by atoms with Gasteiger partial charge >= 0.3 is 6.18 Å². The molecule has 1 aromatic rings. The number of rotatable bonds is 2. The maximum atomic E-state index is 12.4. The van der Waals surface area contributed by atoms with Crippen LogP contribution in [0.1, 0.15) is 11.1 Å². The predicted octanol–water partition coefficient (Wildman–Crippen LogP) is 2.19. The zero-order chi connectivity index (χ0) is 11.6. The van der Waals surface area contributed by atoms with E-state index in [4.69, 9.17) is 4.74 Å². The molecule has 0 aliphatic carbocycles. The van der Waals surface area contributed by atoms with Gasteiger partial charge in [-0.1, -0.05) is 18.2 Å². The van der Waals surface area contributed by atoms with Crippen molar-refractivity contribution in [2.75, 3.05) is 13.3 Å². The van der Waals surface area contributed by atoms with Crippen molar-refractivity contribution in [1.29, 1.82) is 0 Å². The molecule has 1 heterocycles. The average Bonchev–Trinajstić information content (AvgIpc) is 2.70. The molecule has 0 radical (unpaired) electrons. The molecule has 0 bridgehead atoms. The summed E-state index contributed by atoms with van der Waals surface area (Å²) in [4.78, 5) is 0. The average molecular weight is 231 g/mol. The number of benzene rings is 1. The molecular formula is C11H12F3NO. The Balaban J connectivity index is 2.09. The predicted molar refractivity (Wildman–Crippen MR) is 52.9 cm³/mol. The van der Waals surface area contributed by atoms with Gasteiger partial charge in [-0.3, -0.25) is 5.32 Å². The van der Waals surface area contributed by atoms with Gasteiger partial charge in [-0.2, -0.15) is 13.2 Å². The fourth-order valence-corrected chi connectivity index (χ4v) is 1.72. The fraction of sp³-hybridized carbons (Fsp3) is 0.455. The SMILES string of the molecule is FC(F)(F)c1cccc(CC2CNCO2)c1. The van der Waals surface area contributed by atoms with Gasteiger partial charge in [0, 0.05) is 6.54 Å². The van der Waals surface area contributed by atoms with E-state index in [1.54, 1.807) is 6.07 Å². The number of alkyl halides is 3. The number of hydrogen-bond donors (Lipinski definition) is 1. The second kappa shape index (κ2) is 4.43. The molecule has 0 spiro atoms. The topological polar surface area (TPSA) is 21.3 Å². The number of hydrogen-bond acceptors (Lipinski definition) is 2. The fourth-order valence-electron chi connectivity index (χ4n) is 1.72. The standard InChI is InChI=1S/C11H12F3NO/c12-11(13,14)9-3-1-2-8(4-9)5-10-6-15-7-16-10/h1-4,10,15H,5-7H2. The number of nitrogens with one attached hydrogen (secondary N) is 1. The van der Waals surface area contributed by atoms with Gasteiger partial charge in [-0.05, 0) is 18.1 Å². The van der Waals surface area contributed by atoms with E-state index >= 15 is 0 Å². The largest absolute Gasteiger partial charge is 0.416 e. The van der Waals surface area contributed by atoms with Crippen LogP contribution in [0.5, 0.6) is 0 Å². The highest BCUT2D eigenvalue weighted by molar-refractivity contribution is 5.26. The molecule has 1 aliphatic heterocycles. The van der Waals surface area contributed by atoms with Gasteiger partial charge < -0.3 is 4.74 Å². The molecule has 1 fully saturated rings. The zero-order valence-electron chi connectivity index (χ0n) is 8.55. The van der Waals surface area contributed by atoms with Gasteiger partial charge in [-0.25, -0.2) is 0 Å². The molecule has 0 saturated carbocycles. The lowest BCUT2D eigenvalue weighted by Crippen LogP contribution is -2.17. The van der Waals surface area contributed by atoms with Crippen molar-refractivity contribution in [3.8, 4) is 0 Å². The van der Waals surface area contributed by atoms with E-state index in [2.05, 4.69) is 5.32 Å². The summed E-state index contributed by atoms with van der Waals surface area (Å²) in [6.07, 6.45) is -3.79. The third-order valence-electron chi connectivity index (χ3n) is 2.51. The molecule has 0 aromatic heterocycles. The lowest BCUT2D eigenvalue weighted by atomic mass is 10.0. The van der Waals surface area contributed by atoms with Gasteiger partial charge in [0.15, 0.2) is 0 Å². The molecule has 1 aliphatic rings. The first-order valence-corrected chi connectivity index (χ1v) is 5.04. The highest BCUT2D eigenvalue weighted by atomic mass is 19.4. The van der Waals surface area contributed by atoms with E-state index in [0.717, 1.165) is 6.07 Å². The van der Waals surface area contributed by atoms with Crippen LogP contribution in [0, 0.1) is 0 Å². The Kier molecular flexibility index (Phi) is 3.16. The van der Waals surface area contributed by atoms with Crippen LogP contribution < -0.4 is 5.32 Å². The summed E-state index contributed by atoms with van der Waals surface area (Å²) >= 11 is 0. The van der Waals surface area contributed by atoms with E-state index in [9.17, 15) is 13.2 Å². The van der Waals surface area contributed by atoms with Crippen molar-refractivity contribution in [2.45, 2.75) is 18.7 Å². The smallest absolute Gasteiger partial charge is 0.361 e. The third kappa shape index (κ3) is 2.74. The maximum absolute atomic E-state index is 12.4. The van der Waals surface area contributed by atoms with Crippen LogP contribution in [-0.2, 0) is 17.3 Å². The van der Waals surface area contributed by atoms with E-state index in [0.29, 0.717) is 25.3 Å². The highest BCUT2D eigenvalue weighted by Gasteiger charge is 2.30. The molecule has 1 atom stereocenters.